The fourth-order valence-electron chi connectivity index (χ4n) is 11.2. The second kappa shape index (κ2) is 7.17. The lowest BCUT2D eigenvalue weighted by molar-refractivity contribution is 0.0351. The number of hydrogen-bond donors (Lipinski definition) is 0. The van der Waals surface area contributed by atoms with Crippen molar-refractivity contribution in [1.29, 1.82) is 0 Å². The van der Waals surface area contributed by atoms with E-state index in [1.165, 1.54) is 0 Å². The molecule has 5 rings (SSSR count). The van der Waals surface area contributed by atoms with E-state index in [0.717, 1.165) is 31.7 Å². The van der Waals surface area contributed by atoms with E-state index in [2.05, 4.69) is 78.6 Å². The normalized spacial score (nSPS) is 38.1. The molecule has 0 amide bonds. The smallest absolute Gasteiger partial charge is 0.0526 e. The van der Waals surface area contributed by atoms with Gasteiger partial charge in [0, 0.05) is 0 Å². The maximum Gasteiger partial charge on any atom is 0.0526 e. The topological polar surface area (TPSA) is 0 Å². The maximum absolute atomic E-state index is 2.84. The molecule has 0 unspecified atom stereocenters. The predicted octanol–water partition coefficient (Wildman–Crippen LogP) is 9.22. The van der Waals surface area contributed by atoms with Gasteiger partial charge in [-0.3, -0.25) is 0 Å². The van der Waals surface area contributed by atoms with Crippen molar-refractivity contribution in [3.63, 3.8) is 0 Å². The lowest BCUT2D eigenvalue weighted by Crippen LogP contribution is -2.72. The minimum atomic E-state index is -1.34. The summed E-state index contributed by atoms with van der Waals surface area (Å²) in [5, 5.41) is 0.779. The van der Waals surface area contributed by atoms with Crippen LogP contribution in [0.4, 0.5) is 0 Å². The second-order valence-corrected chi connectivity index (χ2v) is 43.9. The Balaban J connectivity index is 2.04. The van der Waals surface area contributed by atoms with Gasteiger partial charge in [-0.1, -0.05) is 86.5 Å². The van der Waals surface area contributed by atoms with E-state index in [0.29, 0.717) is 0 Å². The Kier molecular flexibility index (Phi) is 5.87. The van der Waals surface area contributed by atoms with Gasteiger partial charge in [0.1, 0.15) is 0 Å². The molecule has 0 aromatic heterocycles. The molecule has 0 spiro atoms. The van der Waals surface area contributed by atoms with E-state index in [4.69, 9.17) is 0 Å². The Morgan fingerprint density at radius 2 is 0.742 bits per heavy atom. The van der Waals surface area contributed by atoms with Crippen LogP contribution in [0.3, 0.4) is 0 Å². The van der Waals surface area contributed by atoms with Gasteiger partial charge in [-0.15, -0.1) is 0 Å². The zero-order valence-corrected chi connectivity index (χ0v) is 28.2. The first-order chi connectivity index (χ1) is 13.8. The first-order valence-corrected chi connectivity index (χ1v) is 29.0. The Labute approximate surface area is 201 Å². The Hall–Kier alpha value is 1.30. The fourth-order valence-corrected chi connectivity index (χ4v) is 54.1. The first-order valence-electron chi connectivity index (χ1n) is 13.6. The van der Waals surface area contributed by atoms with Crippen LogP contribution < -0.4 is 0 Å². The quantitative estimate of drug-likeness (QED) is 0.255. The highest BCUT2D eigenvalue weighted by Gasteiger charge is 2.76. The third kappa shape index (κ3) is 3.37. The number of hydrogen-bond acceptors (Lipinski definition) is 0. The van der Waals surface area contributed by atoms with E-state index in [-0.39, 0.29) is 7.92 Å². The molecule has 4 saturated carbocycles. The highest BCUT2D eigenvalue weighted by atomic mass is 31.1. The van der Waals surface area contributed by atoms with E-state index in [9.17, 15) is 0 Å². The second-order valence-electron chi connectivity index (χ2n) is 16.7. The van der Waals surface area contributed by atoms with Gasteiger partial charge in [0.25, 0.3) is 0 Å². The summed E-state index contributed by atoms with van der Waals surface area (Å²) in [4.78, 5) is 0. The molecule has 0 atom stereocenters. The SMILES string of the molecule is C[Si](C)(C)C1([Si](C)(C)C)CCC([Si](C)(C)C)([Si](C)(C)C)P1C12CC3CC(CC(C3)C1)C2. The van der Waals surface area contributed by atoms with E-state index in [1.807, 2.05) is 0 Å². The van der Waals surface area contributed by atoms with Crippen LogP contribution in [0.2, 0.25) is 78.6 Å². The van der Waals surface area contributed by atoms with Crippen molar-refractivity contribution in [2.75, 3.05) is 0 Å². The maximum atomic E-state index is 2.84. The molecule has 5 fully saturated rings. The number of rotatable bonds is 5. The van der Waals surface area contributed by atoms with Gasteiger partial charge < -0.3 is 0 Å². The molecule has 31 heavy (non-hydrogen) atoms. The molecule has 0 radical (unpaired) electrons. The average Bonchev–Trinajstić information content (AvgIpc) is 2.91. The highest BCUT2D eigenvalue weighted by molar-refractivity contribution is 7.75. The lowest BCUT2D eigenvalue weighted by atomic mass is 9.56. The van der Waals surface area contributed by atoms with Crippen LogP contribution in [0.5, 0.6) is 0 Å². The third-order valence-electron chi connectivity index (χ3n) is 11.1. The standard InChI is InChI=1S/C26H55PSi4/c1-28(2,3)25(29(4,5)6)13-14-26(30(7,8)9,31(10,11)12)27(25)24-18-21-15-22(19-24)17-23(16-21)20-24/h21-23H,13-20H2,1-12H3. The van der Waals surface area contributed by atoms with Crippen LogP contribution in [-0.4, -0.2) is 46.3 Å². The van der Waals surface area contributed by atoms with Gasteiger partial charge in [-0.2, -0.15) is 0 Å². The molecule has 1 heterocycles. The summed E-state index contributed by atoms with van der Waals surface area (Å²) in [6.07, 6.45) is 13.1. The van der Waals surface area contributed by atoms with E-state index < -0.39 is 32.3 Å². The summed E-state index contributed by atoms with van der Waals surface area (Å²) in [7, 11) is -5.27. The highest BCUT2D eigenvalue weighted by Crippen LogP contribution is 2.86. The van der Waals surface area contributed by atoms with Gasteiger partial charge in [0.15, 0.2) is 0 Å². The molecule has 5 heteroatoms. The van der Waals surface area contributed by atoms with Crippen molar-refractivity contribution in [2.24, 2.45) is 17.8 Å². The van der Waals surface area contributed by atoms with Crippen LogP contribution in [-0.2, 0) is 0 Å². The van der Waals surface area contributed by atoms with Crippen molar-refractivity contribution in [2.45, 2.75) is 144 Å². The lowest BCUT2D eigenvalue weighted by Gasteiger charge is -2.71. The zero-order valence-electron chi connectivity index (χ0n) is 23.3. The van der Waals surface area contributed by atoms with E-state index >= 15 is 0 Å². The monoisotopic (exact) mass is 510 g/mol. The van der Waals surface area contributed by atoms with Crippen LogP contribution in [0, 0.1) is 17.8 Å². The van der Waals surface area contributed by atoms with Crippen molar-refractivity contribution < 1.29 is 0 Å². The minimum Gasteiger partial charge on any atom is -0.0986 e. The predicted molar refractivity (Wildman–Crippen MR) is 156 cm³/mol. The molecule has 1 saturated heterocycles. The van der Waals surface area contributed by atoms with Gasteiger partial charge in [0.05, 0.1) is 32.3 Å². The third-order valence-corrected chi connectivity index (χ3v) is 45.2. The van der Waals surface area contributed by atoms with Crippen LogP contribution in [0.1, 0.15) is 51.4 Å². The molecule has 0 nitrogen and oxygen atoms in total. The Morgan fingerprint density at radius 1 is 0.484 bits per heavy atom. The van der Waals surface area contributed by atoms with Crippen LogP contribution >= 0.6 is 7.92 Å². The Morgan fingerprint density at radius 3 is 0.968 bits per heavy atom. The summed E-state index contributed by atoms with van der Waals surface area (Å²) in [5.74, 6) is 3.32. The minimum absolute atomic E-state index is 0.0801. The van der Waals surface area contributed by atoms with E-state index in [1.54, 1.807) is 51.4 Å². The van der Waals surface area contributed by atoms with Gasteiger partial charge in [-0.05, 0) is 83.1 Å². The van der Waals surface area contributed by atoms with Crippen LogP contribution in [0.15, 0.2) is 0 Å². The largest absolute Gasteiger partial charge is 0.0986 e. The van der Waals surface area contributed by atoms with Crippen molar-refractivity contribution in [3.8, 4) is 0 Å². The van der Waals surface area contributed by atoms with Gasteiger partial charge in [0.2, 0.25) is 0 Å². The van der Waals surface area contributed by atoms with Gasteiger partial charge in [-0.25, -0.2) is 0 Å². The fraction of sp³-hybridized carbons (Fsp3) is 1.00. The summed E-state index contributed by atoms with van der Waals surface area (Å²) in [6.45, 7) is 34.1. The zero-order chi connectivity index (χ0) is 23.5. The van der Waals surface area contributed by atoms with Crippen molar-refractivity contribution in [3.05, 3.63) is 0 Å². The molecule has 0 aromatic carbocycles. The molecule has 4 aliphatic carbocycles. The molecule has 0 aromatic rings. The summed E-state index contributed by atoms with van der Waals surface area (Å²) < 4.78 is 1.59. The van der Waals surface area contributed by atoms with Crippen LogP contribution in [0.25, 0.3) is 0 Å². The molecule has 1 aliphatic heterocycles. The molecule has 4 bridgehead atoms. The molecular formula is C26H55PSi4. The first kappa shape index (κ1) is 25.4. The molecule has 0 N–H and O–H groups in total. The Bertz CT molecular complexity index is 612. The van der Waals surface area contributed by atoms with Gasteiger partial charge >= 0.3 is 0 Å². The molecule has 180 valence electrons. The van der Waals surface area contributed by atoms with Crippen molar-refractivity contribution >= 4 is 40.2 Å². The summed E-state index contributed by atoms with van der Waals surface area (Å²) in [6, 6.07) is 0. The molecular weight excluding hydrogens is 456 g/mol. The van der Waals surface area contributed by atoms with Crippen molar-refractivity contribution in [1.82, 2.24) is 0 Å². The average molecular weight is 511 g/mol. The molecule has 5 aliphatic rings. The summed E-state index contributed by atoms with van der Waals surface area (Å²) >= 11 is 0. The summed E-state index contributed by atoms with van der Waals surface area (Å²) in [5.41, 5.74) is 0.